The fourth-order valence-corrected chi connectivity index (χ4v) is 4.36. The Morgan fingerprint density at radius 1 is 1.27 bits per heavy atom. The summed E-state index contributed by atoms with van der Waals surface area (Å²) in [5, 5.41) is 9.91. The van der Waals surface area contributed by atoms with Gasteiger partial charge in [-0.3, -0.25) is 9.59 Å². The van der Waals surface area contributed by atoms with E-state index >= 15 is 0 Å². The molecule has 4 rings (SSSR count). The number of fused-ring (bicyclic) bond motifs is 1. The minimum absolute atomic E-state index is 0.0369. The number of piperidine rings is 1. The maximum Gasteiger partial charge on any atom is 0.307 e. The van der Waals surface area contributed by atoms with E-state index in [0.29, 0.717) is 29.6 Å². The third-order valence-corrected chi connectivity index (χ3v) is 6.12. The maximum atomic E-state index is 12.7. The number of benzene rings is 1. The van der Waals surface area contributed by atoms with Crippen LogP contribution in [0, 0.1) is 17.3 Å². The van der Waals surface area contributed by atoms with Gasteiger partial charge in [-0.15, -0.1) is 0 Å². The van der Waals surface area contributed by atoms with Crippen LogP contribution >= 0.6 is 11.6 Å². The van der Waals surface area contributed by atoms with E-state index in [2.05, 4.69) is 4.98 Å². The number of halogens is 1. The number of nitrogens with zero attached hydrogens (tertiary/aromatic N) is 2. The second-order valence-corrected chi connectivity index (χ2v) is 8.32. The first-order valence-corrected chi connectivity index (χ1v) is 9.24. The number of hydrogen-bond donors (Lipinski definition) is 1. The van der Waals surface area contributed by atoms with E-state index < -0.39 is 23.2 Å². The Labute approximate surface area is 156 Å². The van der Waals surface area contributed by atoms with Crippen LogP contribution in [0.5, 0.6) is 0 Å². The Kier molecular flexibility index (Phi) is 3.99. The van der Waals surface area contributed by atoms with Crippen LogP contribution in [0.25, 0.3) is 11.1 Å². The van der Waals surface area contributed by atoms with Crippen molar-refractivity contribution in [1.29, 1.82) is 0 Å². The summed E-state index contributed by atoms with van der Waals surface area (Å²) in [6.07, 6.45) is 1.52. The highest BCUT2D eigenvalue weighted by Gasteiger charge is 2.66. The molecule has 0 spiro atoms. The fourth-order valence-electron chi connectivity index (χ4n) is 4.20. The molecule has 1 amide bonds. The van der Waals surface area contributed by atoms with Crippen LogP contribution in [0.1, 0.15) is 38.5 Å². The van der Waals surface area contributed by atoms with E-state index in [-0.39, 0.29) is 11.8 Å². The van der Waals surface area contributed by atoms with Gasteiger partial charge < -0.3 is 14.4 Å². The third kappa shape index (κ3) is 2.76. The van der Waals surface area contributed by atoms with E-state index in [1.807, 2.05) is 19.9 Å². The van der Waals surface area contributed by atoms with Crippen molar-refractivity contribution in [3.8, 4) is 0 Å². The lowest BCUT2D eigenvalue weighted by atomic mass is 9.96. The van der Waals surface area contributed by atoms with Crippen LogP contribution in [-0.2, 0) is 9.59 Å². The molecular formula is C19H21ClN2O4. The van der Waals surface area contributed by atoms with Crippen molar-refractivity contribution < 1.29 is 19.1 Å². The van der Waals surface area contributed by atoms with Crippen LogP contribution in [0.2, 0.25) is 5.02 Å². The Morgan fingerprint density at radius 3 is 2.58 bits per heavy atom. The number of hydrogen-bond acceptors (Lipinski definition) is 4. The molecule has 1 saturated heterocycles. The molecule has 138 valence electrons. The highest BCUT2D eigenvalue weighted by molar-refractivity contribution is 6.31. The molecule has 0 bridgehead atoms. The van der Waals surface area contributed by atoms with Crippen LogP contribution in [0.3, 0.4) is 0 Å². The highest BCUT2D eigenvalue weighted by Crippen LogP contribution is 2.59. The number of carbonyl (C=O) groups excluding carboxylic acids is 1. The highest BCUT2D eigenvalue weighted by atomic mass is 35.5. The largest absolute Gasteiger partial charge is 0.481 e. The molecule has 2 aromatic rings. The normalized spacial score (nSPS) is 25.4. The summed E-state index contributed by atoms with van der Waals surface area (Å²) in [5.41, 5.74) is 1.00. The zero-order valence-electron chi connectivity index (χ0n) is 14.7. The lowest BCUT2D eigenvalue weighted by Gasteiger charge is -2.31. The van der Waals surface area contributed by atoms with E-state index in [4.69, 9.17) is 16.0 Å². The molecule has 2 atom stereocenters. The smallest absolute Gasteiger partial charge is 0.307 e. The van der Waals surface area contributed by atoms with E-state index in [0.717, 1.165) is 18.4 Å². The van der Waals surface area contributed by atoms with Gasteiger partial charge in [0, 0.05) is 24.0 Å². The van der Waals surface area contributed by atoms with Gasteiger partial charge >= 0.3 is 5.97 Å². The van der Waals surface area contributed by atoms with Crippen molar-refractivity contribution in [2.45, 2.75) is 32.6 Å². The summed E-state index contributed by atoms with van der Waals surface area (Å²) in [6, 6.07) is 5.37. The number of carboxylic acids is 1. The molecule has 7 heteroatoms. The van der Waals surface area contributed by atoms with Crippen molar-refractivity contribution in [3.63, 3.8) is 0 Å². The third-order valence-electron chi connectivity index (χ3n) is 5.88. The van der Waals surface area contributed by atoms with Gasteiger partial charge in [-0.1, -0.05) is 25.4 Å². The van der Waals surface area contributed by atoms with Gasteiger partial charge in [-0.2, -0.15) is 0 Å². The monoisotopic (exact) mass is 376 g/mol. The molecule has 26 heavy (non-hydrogen) atoms. The minimum Gasteiger partial charge on any atom is -0.481 e. The molecule has 2 fully saturated rings. The summed E-state index contributed by atoms with van der Waals surface area (Å²) in [5.74, 6) is -1.06. The number of aromatic nitrogens is 1. The quantitative estimate of drug-likeness (QED) is 0.885. The minimum atomic E-state index is -0.881. The number of aliphatic carboxylic acids is 1. The van der Waals surface area contributed by atoms with Crippen molar-refractivity contribution >= 4 is 34.6 Å². The van der Waals surface area contributed by atoms with Crippen molar-refractivity contribution in [3.05, 3.63) is 29.1 Å². The average molecular weight is 377 g/mol. The summed E-state index contributed by atoms with van der Waals surface area (Å²) < 4.78 is 5.85. The first kappa shape index (κ1) is 17.3. The standard InChI is InChI=1S/C19H21ClN2O4/c1-19(2)14(15(19)18(24)25)17(23)22-7-5-10(6-8-22)16-21-12-9-11(20)3-4-13(12)26-16/h3-4,9-10,14-15H,5-8H2,1-2H3,(H,24,25)/t14-,15+/m1/s1. The van der Waals surface area contributed by atoms with E-state index in [9.17, 15) is 14.7 Å². The summed E-state index contributed by atoms with van der Waals surface area (Å²) in [7, 11) is 0. The second-order valence-electron chi connectivity index (χ2n) is 7.88. The fraction of sp³-hybridized carbons (Fsp3) is 0.526. The average Bonchev–Trinajstić information content (AvgIpc) is 2.97. The number of oxazole rings is 1. The van der Waals surface area contributed by atoms with Crippen LogP contribution in [-0.4, -0.2) is 40.0 Å². The molecule has 6 nitrogen and oxygen atoms in total. The van der Waals surface area contributed by atoms with Crippen molar-refractivity contribution in [2.75, 3.05) is 13.1 Å². The molecule has 1 aromatic heterocycles. The first-order valence-electron chi connectivity index (χ1n) is 8.86. The summed E-state index contributed by atoms with van der Waals surface area (Å²) in [6.45, 7) is 4.90. The topological polar surface area (TPSA) is 83.6 Å². The number of amides is 1. The molecule has 2 heterocycles. The summed E-state index contributed by atoms with van der Waals surface area (Å²) in [4.78, 5) is 30.4. The molecule has 0 radical (unpaired) electrons. The van der Waals surface area contributed by atoms with Gasteiger partial charge in [-0.25, -0.2) is 4.98 Å². The Balaban J connectivity index is 1.42. The number of rotatable bonds is 3. The number of carbonyl (C=O) groups is 2. The van der Waals surface area contributed by atoms with Gasteiger partial charge in [0.2, 0.25) is 5.91 Å². The van der Waals surface area contributed by atoms with Crippen LogP contribution in [0.4, 0.5) is 0 Å². The van der Waals surface area contributed by atoms with Gasteiger partial charge in [0.25, 0.3) is 0 Å². The Hall–Kier alpha value is -2.08. The molecule has 2 aliphatic rings. The zero-order valence-corrected chi connectivity index (χ0v) is 15.5. The molecule has 0 unspecified atom stereocenters. The maximum absolute atomic E-state index is 12.7. The molecule has 1 aliphatic heterocycles. The second kappa shape index (κ2) is 5.98. The zero-order chi connectivity index (χ0) is 18.6. The SMILES string of the molecule is CC1(C)[C@H](C(=O)O)[C@@H]1C(=O)N1CCC(c2nc3cc(Cl)ccc3o2)CC1. The van der Waals surface area contributed by atoms with E-state index in [1.165, 1.54) is 0 Å². The molecule has 1 aromatic carbocycles. The molecule has 1 aliphatic carbocycles. The van der Waals surface area contributed by atoms with Crippen molar-refractivity contribution in [1.82, 2.24) is 9.88 Å². The van der Waals surface area contributed by atoms with Gasteiger partial charge in [0.1, 0.15) is 5.52 Å². The van der Waals surface area contributed by atoms with Crippen molar-refractivity contribution in [2.24, 2.45) is 17.3 Å². The van der Waals surface area contributed by atoms with Crippen LogP contribution < -0.4 is 0 Å². The number of likely N-dealkylation sites (tertiary alicyclic amines) is 1. The Bertz CT molecular complexity index is 883. The molecular weight excluding hydrogens is 356 g/mol. The predicted molar refractivity (Wildman–Crippen MR) is 96.0 cm³/mol. The molecule has 1 N–H and O–H groups in total. The number of carboxylic acid groups (broad SMARTS) is 1. The van der Waals surface area contributed by atoms with Gasteiger partial charge in [-0.05, 0) is 36.5 Å². The predicted octanol–water partition coefficient (Wildman–Crippen LogP) is 3.54. The molecule has 1 saturated carbocycles. The Morgan fingerprint density at radius 2 is 1.96 bits per heavy atom. The summed E-state index contributed by atoms with van der Waals surface area (Å²) >= 11 is 5.99. The van der Waals surface area contributed by atoms with E-state index in [1.54, 1.807) is 17.0 Å². The first-order chi connectivity index (χ1) is 12.3. The van der Waals surface area contributed by atoms with Gasteiger partial charge in [0.15, 0.2) is 11.5 Å². The van der Waals surface area contributed by atoms with Gasteiger partial charge in [0.05, 0.1) is 11.8 Å². The lowest BCUT2D eigenvalue weighted by molar-refractivity contribution is -0.142. The lowest BCUT2D eigenvalue weighted by Crippen LogP contribution is -2.39. The van der Waals surface area contributed by atoms with Crippen LogP contribution in [0.15, 0.2) is 22.6 Å².